The molecule has 4 aromatic rings. The Bertz CT molecular complexity index is 1860. The summed E-state index contributed by atoms with van der Waals surface area (Å²) in [5.74, 6) is -0.435. The second-order valence-corrected chi connectivity index (χ2v) is 12.2. The smallest absolute Gasteiger partial charge is 0.355 e. The van der Waals surface area contributed by atoms with Crippen molar-refractivity contribution in [3.63, 3.8) is 0 Å². The molecule has 1 N–H and O–H groups in total. The zero-order valence-electron chi connectivity index (χ0n) is 25.3. The van der Waals surface area contributed by atoms with E-state index in [4.69, 9.17) is 16.6 Å². The molecule has 2 atom stereocenters. The first-order chi connectivity index (χ1) is 21.1. The molecule has 0 spiro atoms. The lowest BCUT2D eigenvalue weighted by Crippen LogP contribution is -2.58. The number of hydrogen-bond donors (Lipinski definition) is 1. The Morgan fingerprint density at radius 2 is 1.98 bits per heavy atom. The van der Waals surface area contributed by atoms with Gasteiger partial charge in [-0.1, -0.05) is 38.1 Å². The second kappa shape index (κ2) is 11.6. The first-order valence-corrected chi connectivity index (χ1v) is 15.3. The Kier molecular flexibility index (Phi) is 7.88. The fourth-order valence-electron chi connectivity index (χ4n) is 6.36. The zero-order valence-corrected chi connectivity index (χ0v) is 26.0. The van der Waals surface area contributed by atoms with E-state index in [1.165, 1.54) is 16.7 Å². The number of rotatable bonds is 3. The van der Waals surface area contributed by atoms with E-state index in [2.05, 4.69) is 21.9 Å². The number of nitrogens with zero attached hydrogens (tertiary/aromatic N) is 6. The Morgan fingerprint density at radius 3 is 2.73 bits per heavy atom. The van der Waals surface area contributed by atoms with E-state index >= 15 is 4.39 Å². The maximum Gasteiger partial charge on any atom is 0.355 e. The molecule has 11 heteroatoms. The summed E-state index contributed by atoms with van der Waals surface area (Å²) in [7, 11) is 0. The van der Waals surface area contributed by atoms with Gasteiger partial charge in [-0.3, -0.25) is 9.78 Å². The van der Waals surface area contributed by atoms with Crippen LogP contribution >= 0.6 is 11.6 Å². The average molecular weight is 616 g/mol. The minimum Gasteiger partial charge on any atom is -0.384 e. The Balaban J connectivity index is 1.69. The summed E-state index contributed by atoms with van der Waals surface area (Å²) in [6.45, 7) is 13.0. The SMILES string of the molecule is C=CC(=O)N1C[C@H](C)N(c2nc(=O)n3c4nc(c(F)cc24)-c2c(Cl)cccc2NCCCc2ccnc(C(C)C)c2-3)C[C@H]1C. The van der Waals surface area contributed by atoms with Crippen LogP contribution in [0.5, 0.6) is 0 Å². The van der Waals surface area contributed by atoms with E-state index in [0.29, 0.717) is 59.2 Å². The fourth-order valence-corrected chi connectivity index (χ4v) is 6.62. The predicted octanol–water partition coefficient (Wildman–Crippen LogP) is 5.73. The topological polar surface area (TPSA) is 96.3 Å². The molecule has 1 fully saturated rings. The van der Waals surface area contributed by atoms with Crippen LogP contribution in [0.4, 0.5) is 15.9 Å². The minimum absolute atomic E-state index is 0.0101. The summed E-state index contributed by atoms with van der Waals surface area (Å²) in [5.41, 5.74) is 3.16. The highest BCUT2D eigenvalue weighted by atomic mass is 35.5. The molecule has 1 saturated heterocycles. The number of carbonyl (C=O) groups is 1. The number of halogens is 2. The van der Waals surface area contributed by atoms with Crippen molar-refractivity contribution >= 4 is 40.0 Å². The molecule has 2 aliphatic heterocycles. The van der Waals surface area contributed by atoms with Gasteiger partial charge in [-0.05, 0) is 68.5 Å². The Morgan fingerprint density at radius 1 is 1.18 bits per heavy atom. The molecule has 0 radical (unpaired) electrons. The summed E-state index contributed by atoms with van der Waals surface area (Å²) in [5, 5.41) is 4.15. The number of aromatic nitrogens is 4. The van der Waals surface area contributed by atoms with Crippen LogP contribution in [0.1, 0.15) is 51.3 Å². The van der Waals surface area contributed by atoms with E-state index in [-0.39, 0.29) is 35.2 Å². The standard InChI is InChI=1S/C33H35ClFN7O2/c1-6-26(43)40-16-20(5)41(17-19(40)4)31-22-15-24(35)29-27-23(34)10-7-11-25(27)36-13-8-9-21-12-14-37-28(18(2)3)30(21)42(32(22)38-29)33(44)39-31/h6-7,10-12,14-15,18-20,36H,1,8-9,13,16-17H2,2-5H3/t19-,20+/m1/s1. The van der Waals surface area contributed by atoms with Crippen molar-refractivity contribution < 1.29 is 9.18 Å². The third kappa shape index (κ3) is 5.00. The van der Waals surface area contributed by atoms with E-state index in [0.717, 1.165) is 17.7 Å². The van der Waals surface area contributed by atoms with Gasteiger partial charge < -0.3 is 15.1 Å². The molecule has 5 heterocycles. The fraction of sp³-hybridized carbons (Fsp3) is 0.364. The molecule has 228 valence electrons. The summed E-state index contributed by atoms with van der Waals surface area (Å²) in [4.78, 5) is 44.7. The molecule has 2 bridgehead atoms. The molecule has 0 unspecified atom stereocenters. The lowest BCUT2D eigenvalue weighted by molar-refractivity contribution is -0.128. The number of aryl methyl sites for hydroxylation is 1. The highest BCUT2D eigenvalue weighted by molar-refractivity contribution is 6.34. The Labute approximate surface area is 260 Å². The van der Waals surface area contributed by atoms with Crippen LogP contribution in [0.2, 0.25) is 5.02 Å². The van der Waals surface area contributed by atoms with Gasteiger partial charge in [-0.2, -0.15) is 4.98 Å². The van der Waals surface area contributed by atoms with Gasteiger partial charge in [0.25, 0.3) is 0 Å². The number of hydrogen-bond acceptors (Lipinski definition) is 7. The van der Waals surface area contributed by atoms with E-state index in [1.54, 1.807) is 17.2 Å². The van der Waals surface area contributed by atoms with E-state index in [1.807, 2.05) is 50.8 Å². The number of anilines is 2. The third-order valence-electron chi connectivity index (χ3n) is 8.51. The van der Waals surface area contributed by atoms with Crippen LogP contribution in [-0.4, -0.2) is 62.0 Å². The van der Waals surface area contributed by atoms with Gasteiger partial charge in [-0.15, -0.1) is 0 Å². The highest BCUT2D eigenvalue weighted by Crippen LogP contribution is 2.39. The largest absolute Gasteiger partial charge is 0.384 e. The average Bonchev–Trinajstić information content (AvgIpc) is 2.99. The minimum atomic E-state index is -0.587. The van der Waals surface area contributed by atoms with Crippen molar-refractivity contribution in [1.29, 1.82) is 0 Å². The summed E-state index contributed by atoms with van der Waals surface area (Å²) >= 11 is 6.69. The molecular weight excluding hydrogens is 581 g/mol. The normalized spacial score (nSPS) is 18.3. The van der Waals surface area contributed by atoms with Gasteiger partial charge in [0, 0.05) is 49.2 Å². The van der Waals surface area contributed by atoms with E-state index < -0.39 is 11.5 Å². The van der Waals surface area contributed by atoms with Crippen molar-refractivity contribution in [3.05, 3.63) is 81.8 Å². The van der Waals surface area contributed by atoms with E-state index in [9.17, 15) is 9.59 Å². The first-order valence-electron chi connectivity index (χ1n) is 14.9. The van der Waals surface area contributed by atoms with Crippen molar-refractivity contribution in [2.75, 3.05) is 29.9 Å². The van der Waals surface area contributed by atoms with Crippen LogP contribution in [0, 0.1) is 5.82 Å². The molecule has 44 heavy (non-hydrogen) atoms. The molecule has 2 aliphatic rings. The second-order valence-electron chi connectivity index (χ2n) is 11.8. The maximum absolute atomic E-state index is 16.3. The summed E-state index contributed by atoms with van der Waals surface area (Å²) in [6.07, 6.45) is 4.48. The van der Waals surface area contributed by atoms with Gasteiger partial charge in [-0.25, -0.2) is 18.7 Å². The zero-order chi connectivity index (χ0) is 31.3. The molecule has 9 nitrogen and oxygen atoms in total. The molecule has 0 saturated carbocycles. The molecular formula is C33H35ClFN7O2. The molecule has 1 aromatic carbocycles. The summed E-state index contributed by atoms with van der Waals surface area (Å²) < 4.78 is 17.8. The number of fused-ring (bicyclic) bond motifs is 5. The lowest BCUT2D eigenvalue weighted by Gasteiger charge is -2.44. The third-order valence-corrected chi connectivity index (χ3v) is 8.83. The van der Waals surface area contributed by atoms with Crippen LogP contribution < -0.4 is 15.9 Å². The van der Waals surface area contributed by atoms with Crippen molar-refractivity contribution in [2.45, 2.75) is 58.5 Å². The van der Waals surface area contributed by atoms with Crippen LogP contribution in [0.25, 0.3) is 28.0 Å². The monoisotopic (exact) mass is 615 g/mol. The number of benzene rings is 1. The van der Waals surface area contributed by atoms with Crippen LogP contribution in [0.15, 0.2) is 54.0 Å². The molecule has 6 rings (SSSR count). The number of carbonyl (C=O) groups excluding carboxylic acids is 1. The first kappa shape index (κ1) is 29.7. The van der Waals surface area contributed by atoms with Gasteiger partial charge in [0.05, 0.1) is 21.8 Å². The van der Waals surface area contributed by atoms with Crippen molar-refractivity contribution in [2.24, 2.45) is 0 Å². The molecule has 0 aliphatic carbocycles. The maximum atomic E-state index is 16.3. The van der Waals surface area contributed by atoms with Gasteiger partial charge in [0.1, 0.15) is 11.5 Å². The quantitative estimate of drug-likeness (QED) is 0.294. The van der Waals surface area contributed by atoms with Crippen molar-refractivity contribution in [1.82, 2.24) is 24.4 Å². The number of pyridine rings is 2. The van der Waals surface area contributed by atoms with Gasteiger partial charge in [0.15, 0.2) is 11.5 Å². The number of amides is 1. The van der Waals surface area contributed by atoms with Crippen molar-refractivity contribution in [3.8, 4) is 16.9 Å². The molecule has 1 amide bonds. The lowest BCUT2D eigenvalue weighted by atomic mass is 10.00. The number of piperazine rings is 1. The van der Waals surface area contributed by atoms with Gasteiger partial charge in [0.2, 0.25) is 5.91 Å². The molecule has 3 aromatic heterocycles. The van der Waals surface area contributed by atoms with Crippen LogP contribution in [0.3, 0.4) is 0 Å². The number of nitrogens with one attached hydrogen (secondary N) is 1. The van der Waals surface area contributed by atoms with Gasteiger partial charge >= 0.3 is 5.69 Å². The highest BCUT2D eigenvalue weighted by Gasteiger charge is 2.34. The summed E-state index contributed by atoms with van der Waals surface area (Å²) in [6, 6.07) is 8.28. The Hall–Kier alpha value is -4.31. The predicted molar refractivity (Wildman–Crippen MR) is 172 cm³/mol. The van der Waals surface area contributed by atoms with Crippen LogP contribution in [-0.2, 0) is 11.2 Å².